The molecular formula is C18H31N5O. The van der Waals surface area contributed by atoms with Crippen LogP contribution in [0.5, 0.6) is 0 Å². The van der Waals surface area contributed by atoms with Crippen LogP contribution in [0.1, 0.15) is 36.8 Å². The fourth-order valence-electron chi connectivity index (χ4n) is 3.17. The number of nitrogens with one attached hydrogen (secondary N) is 2. The van der Waals surface area contributed by atoms with E-state index in [0.29, 0.717) is 6.04 Å². The van der Waals surface area contributed by atoms with Gasteiger partial charge in [-0.25, -0.2) is 0 Å². The molecule has 2 rings (SSSR count). The first kappa shape index (κ1) is 18.5. The number of rotatable bonds is 6. The zero-order chi connectivity index (χ0) is 17.5. The number of hydrogen-bond acceptors (Lipinski definition) is 4. The van der Waals surface area contributed by atoms with Crippen molar-refractivity contribution in [3.8, 4) is 0 Å². The van der Waals surface area contributed by atoms with Crippen molar-refractivity contribution >= 4 is 5.96 Å². The van der Waals surface area contributed by atoms with Crippen molar-refractivity contribution in [3.63, 3.8) is 0 Å². The highest BCUT2D eigenvalue weighted by Crippen LogP contribution is 2.13. The van der Waals surface area contributed by atoms with E-state index in [4.69, 9.17) is 4.52 Å². The number of aromatic nitrogens is 1. The molecule has 1 aliphatic heterocycles. The van der Waals surface area contributed by atoms with E-state index in [1.165, 1.54) is 11.1 Å². The Balaban J connectivity index is 1.72. The van der Waals surface area contributed by atoms with Crippen molar-refractivity contribution in [2.75, 3.05) is 33.2 Å². The second kappa shape index (κ2) is 8.87. The van der Waals surface area contributed by atoms with Crippen LogP contribution in [0.25, 0.3) is 0 Å². The zero-order valence-corrected chi connectivity index (χ0v) is 15.5. The predicted molar refractivity (Wildman–Crippen MR) is 98.5 cm³/mol. The minimum Gasteiger partial charge on any atom is -0.361 e. The summed E-state index contributed by atoms with van der Waals surface area (Å²) in [5, 5.41) is 10.9. The molecule has 0 radical (unpaired) electrons. The van der Waals surface area contributed by atoms with Crippen molar-refractivity contribution in [1.82, 2.24) is 20.7 Å². The van der Waals surface area contributed by atoms with Crippen LogP contribution in [0, 0.1) is 13.8 Å². The number of piperidine rings is 1. The maximum absolute atomic E-state index is 5.20. The first-order valence-electron chi connectivity index (χ1n) is 8.75. The highest BCUT2D eigenvalue weighted by atomic mass is 16.5. The third kappa shape index (κ3) is 5.37. The van der Waals surface area contributed by atoms with Crippen LogP contribution in [0.15, 0.2) is 21.7 Å². The first-order valence-corrected chi connectivity index (χ1v) is 8.75. The molecule has 0 amide bonds. The lowest BCUT2D eigenvalue weighted by atomic mass is 10.0. The lowest BCUT2D eigenvalue weighted by Gasteiger charge is -2.33. The summed E-state index contributed by atoms with van der Waals surface area (Å²) in [6.07, 6.45) is 3.16. The molecule has 0 saturated carbocycles. The summed E-state index contributed by atoms with van der Waals surface area (Å²) in [6.45, 7) is 14.1. The lowest BCUT2D eigenvalue weighted by Crippen LogP contribution is -2.49. The van der Waals surface area contributed by atoms with E-state index in [-0.39, 0.29) is 0 Å². The first-order chi connectivity index (χ1) is 11.5. The monoisotopic (exact) mass is 333 g/mol. The van der Waals surface area contributed by atoms with Crippen molar-refractivity contribution in [2.45, 2.75) is 46.1 Å². The van der Waals surface area contributed by atoms with E-state index >= 15 is 0 Å². The van der Waals surface area contributed by atoms with Crippen molar-refractivity contribution in [3.05, 3.63) is 29.2 Å². The van der Waals surface area contributed by atoms with Gasteiger partial charge in [-0.2, -0.15) is 0 Å². The minimum atomic E-state index is 0.483. The van der Waals surface area contributed by atoms with Gasteiger partial charge in [0, 0.05) is 44.8 Å². The molecule has 1 saturated heterocycles. The molecule has 1 aromatic rings. The topological polar surface area (TPSA) is 65.7 Å². The van der Waals surface area contributed by atoms with Crippen LogP contribution in [0.2, 0.25) is 0 Å². The average Bonchev–Trinajstić information content (AvgIpc) is 2.87. The van der Waals surface area contributed by atoms with Gasteiger partial charge >= 0.3 is 0 Å². The number of guanidine groups is 1. The largest absolute Gasteiger partial charge is 0.361 e. The molecule has 2 heterocycles. The molecule has 24 heavy (non-hydrogen) atoms. The predicted octanol–water partition coefficient (Wildman–Crippen LogP) is 2.04. The van der Waals surface area contributed by atoms with Gasteiger partial charge in [0.05, 0.1) is 5.69 Å². The van der Waals surface area contributed by atoms with E-state index in [0.717, 1.165) is 62.9 Å². The van der Waals surface area contributed by atoms with Crippen LogP contribution < -0.4 is 10.6 Å². The fourth-order valence-corrected chi connectivity index (χ4v) is 3.17. The second-order valence-electron chi connectivity index (χ2n) is 6.70. The Labute approximate surface area is 145 Å². The van der Waals surface area contributed by atoms with E-state index < -0.39 is 0 Å². The Morgan fingerprint density at radius 1 is 1.38 bits per heavy atom. The van der Waals surface area contributed by atoms with E-state index in [1.54, 1.807) is 0 Å². The Kier molecular flexibility index (Phi) is 6.85. The third-order valence-electron chi connectivity index (χ3n) is 4.49. The van der Waals surface area contributed by atoms with Crippen LogP contribution in [-0.2, 0) is 6.42 Å². The summed E-state index contributed by atoms with van der Waals surface area (Å²) < 4.78 is 5.20. The van der Waals surface area contributed by atoms with Gasteiger partial charge < -0.3 is 15.2 Å². The Morgan fingerprint density at radius 3 is 2.62 bits per heavy atom. The standard InChI is InChI=1S/C18H31N5O/c1-13(2)12-23-10-7-16(8-11-23)21-18(19-5)20-9-6-17-14(3)22-24-15(17)4/h16H,1,6-12H2,2-5H3,(H2,19,20,21). The third-order valence-corrected chi connectivity index (χ3v) is 4.49. The summed E-state index contributed by atoms with van der Waals surface area (Å²) in [6, 6.07) is 0.483. The zero-order valence-electron chi connectivity index (χ0n) is 15.5. The number of hydrogen-bond donors (Lipinski definition) is 2. The molecule has 0 atom stereocenters. The number of likely N-dealkylation sites (tertiary alicyclic amines) is 1. The van der Waals surface area contributed by atoms with E-state index in [2.05, 4.69) is 39.2 Å². The molecule has 1 fully saturated rings. The summed E-state index contributed by atoms with van der Waals surface area (Å²) in [4.78, 5) is 6.81. The SMILES string of the molecule is C=C(C)CN1CCC(NC(=NC)NCCc2c(C)noc2C)CC1. The molecule has 0 spiro atoms. The highest BCUT2D eigenvalue weighted by Gasteiger charge is 2.19. The minimum absolute atomic E-state index is 0.483. The molecule has 6 heteroatoms. The summed E-state index contributed by atoms with van der Waals surface area (Å²) in [5.41, 5.74) is 3.39. The molecule has 1 aliphatic rings. The normalized spacial score (nSPS) is 17.1. The molecule has 134 valence electrons. The highest BCUT2D eigenvalue weighted by molar-refractivity contribution is 5.79. The molecule has 6 nitrogen and oxygen atoms in total. The van der Waals surface area contributed by atoms with Crippen molar-refractivity contribution in [2.24, 2.45) is 4.99 Å². The van der Waals surface area contributed by atoms with Gasteiger partial charge in [0.1, 0.15) is 5.76 Å². The van der Waals surface area contributed by atoms with Gasteiger partial charge in [0.15, 0.2) is 5.96 Å². The molecule has 0 aliphatic carbocycles. The second-order valence-corrected chi connectivity index (χ2v) is 6.70. The van der Waals surface area contributed by atoms with Gasteiger partial charge in [0.25, 0.3) is 0 Å². The number of aryl methyl sites for hydroxylation is 2. The van der Waals surface area contributed by atoms with E-state index in [9.17, 15) is 0 Å². The van der Waals surface area contributed by atoms with E-state index in [1.807, 2.05) is 20.9 Å². The van der Waals surface area contributed by atoms with Crippen LogP contribution in [0.4, 0.5) is 0 Å². The molecule has 0 unspecified atom stereocenters. The van der Waals surface area contributed by atoms with Gasteiger partial charge in [-0.15, -0.1) is 0 Å². The lowest BCUT2D eigenvalue weighted by molar-refractivity contribution is 0.221. The average molecular weight is 333 g/mol. The maximum Gasteiger partial charge on any atom is 0.191 e. The molecular weight excluding hydrogens is 302 g/mol. The van der Waals surface area contributed by atoms with Gasteiger partial charge in [0.2, 0.25) is 0 Å². The van der Waals surface area contributed by atoms with Gasteiger partial charge in [-0.05, 0) is 40.0 Å². The van der Waals surface area contributed by atoms with Crippen LogP contribution in [-0.4, -0.2) is 55.3 Å². The van der Waals surface area contributed by atoms with Gasteiger partial charge in [-0.3, -0.25) is 9.89 Å². The Hall–Kier alpha value is -1.82. The smallest absolute Gasteiger partial charge is 0.191 e. The quantitative estimate of drug-likeness (QED) is 0.474. The van der Waals surface area contributed by atoms with Crippen molar-refractivity contribution < 1.29 is 4.52 Å². The molecule has 2 N–H and O–H groups in total. The summed E-state index contributed by atoms with van der Waals surface area (Å²) in [7, 11) is 1.82. The molecule has 0 bridgehead atoms. The maximum atomic E-state index is 5.20. The number of aliphatic imine (C=N–C) groups is 1. The Morgan fingerprint density at radius 2 is 2.08 bits per heavy atom. The van der Waals surface area contributed by atoms with Crippen LogP contribution in [0.3, 0.4) is 0 Å². The number of nitrogens with zero attached hydrogens (tertiary/aromatic N) is 3. The molecule has 0 aromatic carbocycles. The van der Waals surface area contributed by atoms with Crippen molar-refractivity contribution in [1.29, 1.82) is 0 Å². The molecule has 1 aromatic heterocycles. The Bertz CT molecular complexity index is 550. The summed E-state index contributed by atoms with van der Waals surface area (Å²) >= 11 is 0. The van der Waals surface area contributed by atoms with Crippen LogP contribution >= 0.6 is 0 Å². The van der Waals surface area contributed by atoms with Gasteiger partial charge in [-0.1, -0.05) is 17.3 Å². The fraction of sp³-hybridized carbons (Fsp3) is 0.667. The summed E-state index contributed by atoms with van der Waals surface area (Å²) in [5.74, 6) is 1.78.